The number of ether oxygens (including phenoxy) is 3. The molecule has 0 bridgehead atoms. The molecule has 0 aliphatic carbocycles. The number of benzene rings is 1. The molecule has 1 aromatic rings. The molecule has 12 heteroatoms. The van der Waals surface area contributed by atoms with E-state index in [4.69, 9.17) is 19.9 Å². The zero-order chi connectivity index (χ0) is 22.0. The summed E-state index contributed by atoms with van der Waals surface area (Å²) in [6.07, 6.45) is -1.91. The maximum absolute atomic E-state index is 12.8. The van der Waals surface area contributed by atoms with Crippen molar-refractivity contribution < 1.29 is 33.5 Å². The van der Waals surface area contributed by atoms with E-state index in [2.05, 4.69) is 0 Å². The van der Waals surface area contributed by atoms with Crippen LogP contribution in [0, 0.1) is 10.1 Å². The van der Waals surface area contributed by atoms with Gasteiger partial charge >= 0.3 is 11.9 Å². The number of β-lactam (4-membered cyclic amide) rings is 1. The predicted molar refractivity (Wildman–Crippen MR) is 104 cm³/mol. The Bertz CT molecular complexity index is 917. The molecule has 2 heterocycles. The number of hydrogen-bond donors (Lipinski definition) is 1. The number of non-ortho nitro benzene ring substituents is 1. The number of carbonyl (C=O) groups excluding carboxylic acids is 3. The fourth-order valence-corrected chi connectivity index (χ4v) is 4.49. The minimum absolute atomic E-state index is 0.0762. The molecule has 11 nitrogen and oxygen atoms in total. The van der Waals surface area contributed by atoms with Crippen molar-refractivity contribution in [1.82, 2.24) is 4.90 Å². The van der Waals surface area contributed by atoms with Gasteiger partial charge in [-0.2, -0.15) is 0 Å². The molecule has 0 saturated carbocycles. The highest BCUT2D eigenvalue weighted by Gasteiger charge is 2.55. The second-order valence-electron chi connectivity index (χ2n) is 6.47. The SMILES string of the molecule is CO[C@@H]1C(=O)N2C(C(=O)OCc3ccc([N+](=O)[O-])cc3)=C(C(N)OC(C)=O)CS[C@H]12. The van der Waals surface area contributed by atoms with Gasteiger partial charge in [0, 0.05) is 37.5 Å². The number of hydrogen-bond acceptors (Lipinski definition) is 10. The number of carbonyl (C=O) groups is 3. The molecular weight excluding hydrogens is 418 g/mol. The summed E-state index contributed by atoms with van der Waals surface area (Å²) in [7, 11) is 1.40. The van der Waals surface area contributed by atoms with Crippen molar-refractivity contribution in [2.75, 3.05) is 12.9 Å². The van der Waals surface area contributed by atoms with Crippen molar-refractivity contribution in [2.45, 2.75) is 31.2 Å². The van der Waals surface area contributed by atoms with Crippen LogP contribution in [-0.4, -0.2) is 58.2 Å². The average Bonchev–Trinajstić information content (AvgIpc) is 2.70. The van der Waals surface area contributed by atoms with Gasteiger partial charge in [0.15, 0.2) is 12.3 Å². The van der Waals surface area contributed by atoms with Gasteiger partial charge in [-0.05, 0) is 17.7 Å². The van der Waals surface area contributed by atoms with Crippen LogP contribution in [0.25, 0.3) is 0 Å². The van der Waals surface area contributed by atoms with Crippen molar-refractivity contribution >= 4 is 35.3 Å². The number of nitrogens with zero attached hydrogens (tertiary/aromatic N) is 2. The van der Waals surface area contributed by atoms with Crippen LogP contribution in [0.1, 0.15) is 12.5 Å². The Morgan fingerprint density at radius 2 is 2.03 bits per heavy atom. The van der Waals surface area contributed by atoms with Gasteiger partial charge < -0.3 is 14.2 Å². The first-order chi connectivity index (χ1) is 14.2. The Kier molecular flexibility index (Phi) is 6.39. The third-order valence-electron chi connectivity index (χ3n) is 4.55. The number of methoxy groups -OCH3 is 1. The standard InChI is InChI=1S/C18H19N3O8S/c1-9(22)29-15(19)12-8-30-17-14(27-2)16(23)20(17)13(12)18(24)28-7-10-3-5-11(6-4-10)21(25)26/h3-6,14-15,17H,7-8,19H2,1-2H3/t14-,15?,17-/m1/s1. The Hall–Kier alpha value is -2.96. The second-order valence-corrected chi connectivity index (χ2v) is 7.57. The topological polar surface area (TPSA) is 151 Å². The lowest BCUT2D eigenvalue weighted by Gasteiger charge is -2.49. The van der Waals surface area contributed by atoms with E-state index in [1.165, 1.54) is 55.0 Å². The van der Waals surface area contributed by atoms with E-state index in [0.717, 1.165) is 0 Å². The van der Waals surface area contributed by atoms with Crippen LogP contribution in [0.4, 0.5) is 5.69 Å². The summed E-state index contributed by atoms with van der Waals surface area (Å²) in [4.78, 5) is 48.0. The lowest BCUT2D eigenvalue weighted by molar-refractivity contribution is -0.384. The number of nitrogens with two attached hydrogens (primary N) is 1. The molecule has 0 aromatic heterocycles. The van der Waals surface area contributed by atoms with Gasteiger partial charge in [0.2, 0.25) is 0 Å². The molecule has 1 unspecified atom stereocenters. The highest BCUT2D eigenvalue weighted by atomic mass is 32.2. The molecule has 3 atom stereocenters. The molecule has 0 spiro atoms. The number of amides is 1. The lowest BCUT2D eigenvalue weighted by Crippen LogP contribution is -2.66. The maximum Gasteiger partial charge on any atom is 0.355 e. The highest BCUT2D eigenvalue weighted by molar-refractivity contribution is 8.00. The van der Waals surface area contributed by atoms with Gasteiger partial charge in [-0.25, -0.2) is 4.79 Å². The van der Waals surface area contributed by atoms with E-state index < -0.39 is 40.5 Å². The fourth-order valence-electron chi connectivity index (χ4n) is 3.08. The van der Waals surface area contributed by atoms with Gasteiger partial charge in [-0.1, -0.05) is 0 Å². The molecule has 1 saturated heterocycles. The molecule has 3 rings (SSSR count). The molecule has 2 aliphatic heterocycles. The van der Waals surface area contributed by atoms with E-state index in [-0.39, 0.29) is 29.3 Å². The molecule has 1 aromatic carbocycles. The number of rotatable bonds is 7. The Balaban J connectivity index is 1.82. The van der Waals surface area contributed by atoms with Gasteiger partial charge in [0.25, 0.3) is 11.6 Å². The molecule has 2 aliphatic rings. The van der Waals surface area contributed by atoms with Gasteiger partial charge in [-0.15, -0.1) is 11.8 Å². The summed E-state index contributed by atoms with van der Waals surface area (Å²) < 4.78 is 15.5. The Labute approximate surface area is 175 Å². The smallest absolute Gasteiger partial charge is 0.355 e. The first-order valence-electron chi connectivity index (χ1n) is 8.78. The summed E-state index contributed by atoms with van der Waals surface area (Å²) >= 11 is 1.33. The highest BCUT2D eigenvalue weighted by Crippen LogP contribution is 2.42. The molecule has 1 amide bonds. The minimum atomic E-state index is -1.22. The first kappa shape index (κ1) is 21.7. The maximum atomic E-state index is 12.8. The van der Waals surface area contributed by atoms with E-state index >= 15 is 0 Å². The fraction of sp³-hybridized carbons (Fsp3) is 0.389. The van der Waals surface area contributed by atoms with Crippen molar-refractivity contribution in [3.63, 3.8) is 0 Å². The van der Waals surface area contributed by atoms with Crippen LogP contribution in [0.3, 0.4) is 0 Å². The van der Waals surface area contributed by atoms with Gasteiger partial charge in [0.05, 0.1) is 4.92 Å². The normalized spacial score (nSPS) is 21.4. The predicted octanol–water partition coefficient (Wildman–Crippen LogP) is 0.670. The van der Waals surface area contributed by atoms with E-state index in [0.29, 0.717) is 5.56 Å². The number of nitro groups is 1. The van der Waals surface area contributed by atoms with Crippen LogP contribution in [0.5, 0.6) is 0 Å². The molecule has 160 valence electrons. The summed E-state index contributed by atoms with van der Waals surface area (Å²) in [5.41, 5.74) is 6.52. The van der Waals surface area contributed by atoms with E-state index in [9.17, 15) is 24.5 Å². The molecule has 2 N–H and O–H groups in total. The zero-order valence-electron chi connectivity index (χ0n) is 16.1. The molecule has 30 heavy (non-hydrogen) atoms. The second kappa shape index (κ2) is 8.81. The zero-order valence-corrected chi connectivity index (χ0v) is 16.9. The summed E-state index contributed by atoms with van der Waals surface area (Å²) in [5.74, 6) is -1.64. The molecule has 1 fully saturated rings. The number of thioether (sulfide) groups is 1. The molecule has 0 radical (unpaired) electrons. The summed E-state index contributed by atoms with van der Waals surface area (Å²) in [6.45, 7) is 1.01. The van der Waals surface area contributed by atoms with Crippen LogP contribution < -0.4 is 5.73 Å². The average molecular weight is 437 g/mol. The Morgan fingerprint density at radius 3 is 2.60 bits per heavy atom. The largest absolute Gasteiger partial charge is 0.456 e. The summed E-state index contributed by atoms with van der Waals surface area (Å²) in [5, 5.41) is 10.3. The van der Waals surface area contributed by atoms with Gasteiger partial charge in [0.1, 0.15) is 17.7 Å². The minimum Gasteiger partial charge on any atom is -0.456 e. The third-order valence-corrected chi connectivity index (χ3v) is 5.83. The van der Waals surface area contributed by atoms with Crippen LogP contribution >= 0.6 is 11.8 Å². The van der Waals surface area contributed by atoms with Crippen LogP contribution in [0.15, 0.2) is 35.5 Å². The number of nitro benzene ring substituents is 1. The monoisotopic (exact) mass is 437 g/mol. The van der Waals surface area contributed by atoms with Gasteiger partial charge in [-0.3, -0.25) is 30.3 Å². The van der Waals surface area contributed by atoms with Crippen LogP contribution in [0.2, 0.25) is 0 Å². The van der Waals surface area contributed by atoms with E-state index in [1.54, 1.807) is 0 Å². The van der Waals surface area contributed by atoms with Crippen molar-refractivity contribution in [3.8, 4) is 0 Å². The quantitative estimate of drug-likeness (QED) is 0.212. The van der Waals surface area contributed by atoms with E-state index in [1.807, 2.05) is 0 Å². The third kappa shape index (κ3) is 4.15. The van der Waals surface area contributed by atoms with Crippen molar-refractivity contribution in [3.05, 3.63) is 51.2 Å². The van der Waals surface area contributed by atoms with Crippen molar-refractivity contribution in [2.24, 2.45) is 5.73 Å². The van der Waals surface area contributed by atoms with Crippen LogP contribution in [-0.2, 0) is 35.2 Å². The first-order valence-corrected chi connectivity index (χ1v) is 9.83. The molecular formula is C18H19N3O8S. The lowest BCUT2D eigenvalue weighted by atomic mass is 10.0. The Morgan fingerprint density at radius 1 is 1.37 bits per heavy atom. The summed E-state index contributed by atoms with van der Waals surface area (Å²) in [6, 6.07) is 5.50. The number of fused-ring (bicyclic) bond motifs is 1. The number of esters is 2. The van der Waals surface area contributed by atoms with Crippen molar-refractivity contribution in [1.29, 1.82) is 0 Å².